The molecule has 1 fully saturated rings. The largest absolute Gasteiger partial charge is 0.372 e. The second-order valence-electron chi connectivity index (χ2n) is 5.61. The molecule has 0 aliphatic carbocycles. The van der Waals surface area contributed by atoms with Gasteiger partial charge in [0.25, 0.3) is 5.91 Å². The van der Waals surface area contributed by atoms with Gasteiger partial charge in [0.05, 0.1) is 5.56 Å². The number of pyridine rings is 1. The van der Waals surface area contributed by atoms with Gasteiger partial charge in [0, 0.05) is 37.7 Å². The van der Waals surface area contributed by atoms with E-state index in [1.165, 1.54) is 37.2 Å². The first kappa shape index (κ1) is 14.6. The van der Waals surface area contributed by atoms with Crippen LogP contribution in [0.25, 0.3) is 0 Å². The van der Waals surface area contributed by atoms with Crippen molar-refractivity contribution in [1.29, 1.82) is 0 Å². The SMILES string of the molecule is O=C(NCCc1ccc(N2CCCC2)cc1)c1cccnc1. The number of carbonyl (C=O) groups is 1. The third-order valence-electron chi connectivity index (χ3n) is 4.03. The van der Waals surface area contributed by atoms with E-state index in [2.05, 4.69) is 39.5 Å². The van der Waals surface area contributed by atoms with Crippen molar-refractivity contribution < 1.29 is 4.79 Å². The highest BCUT2D eigenvalue weighted by Crippen LogP contribution is 2.20. The molecule has 2 aromatic rings. The van der Waals surface area contributed by atoms with Gasteiger partial charge in [0.1, 0.15) is 0 Å². The predicted octanol–water partition coefficient (Wildman–Crippen LogP) is 2.65. The number of anilines is 1. The molecule has 1 aliphatic heterocycles. The van der Waals surface area contributed by atoms with Gasteiger partial charge in [-0.15, -0.1) is 0 Å². The quantitative estimate of drug-likeness (QED) is 0.922. The topological polar surface area (TPSA) is 45.2 Å². The van der Waals surface area contributed by atoms with Crippen molar-refractivity contribution in [2.75, 3.05) is 24.5 Å². The van der Waals surface area contributed by atoms with Gasteiger partial charge in [-0.2, -0.15) is 0 Å². The fourth-order valence-corrected chi connectivity index (χ4v) is 2.77. The summed E-state index contributed by atoms with van der Waals surface area (Å²) in [5.41, 5.74) is 3.15. The standard InChI is InChI=1S/C18H21N3O/c22-18(16-4-3-10-19-14-16)20-11-9-15-5-7-17(8-6-15)21-12-1-2-13-21/h3-8,10,14H,1-2,9,11-13H2,(H,20,22). The van der Waals surface area contributed by atoms with Gasteiger partial charge in [-0.05, 0) is 49.1 Å². The van der Waals surface area contributed by atoms with Crippen molar-refractivity contribution in [3.63, 3.8) is 0 Å². The molecule has 0 bridgehead atoms. The summed E-state index contributed by atoms with van der Waals surface area (Å²) in [6.07, 6.45) is 6.68. The molecule has 0 spiro atoms. The summed E-state index contributed by atoms with van der Waals surface area (Å²) in [6.45, 7) is 2.97. The zero-order valence-corrected chi connectivity index (χ0v) is 12.7. The number of rotatable bonds is 5. The molecule has 1 amide bonds. The maximum atomic E-state index is 11.9. The molecular weight excluding hydrogens is 274 g/mol. The average Bonchev–Trinajstić information content (AvgIpc) is 3.11. The molecule has 0 saturated carbocycles. The van der Waals surface area contributed by atoms with E-state index >= 15 is 0 Å². The molecule has 1 aliphatic rings. The molecule has 114 valence electrons. The third kappa shape index (κ3) is 3.64. The summed E-state index contributed by atoms with van der Waals surface area (Å²) in [6, 6.07) is 12.2. The number of hydrogen-bond donors (Lipinski definition) is 1. The van der Waals surface area contributed by atoms with Crippen molar-refractivity contribution in [2.24, 2.45) is 0 Å². The Hall–Kier alpha value is -2.36. The molecule has 1 N–H and O–H groups in total. The molecule has 0 atom stereocenters. The predicted molar refractivity (Wildman–Crippen MR) is 88.2 cm³/mol. The Labute approximate surface area is 131 Å². The van der Waals surface area contributed by atoms with Crippen LogP contribution in [0.5, 0.6) is 0 Å². The minimum atomic E-state index is -0.0678. The number of amides is 1. The lowest BCUT2D eigenvalue weighted by molar-refractivity contribution is 0.0954. The molecule has 3 rings (SSSR count). The van der Waals surface area contributed by atoms with E-state index in [1.807, 2.05) is 0 Å². The van der Waals surface area contributed by atoms with Gasteiger partial charge >= 0.3 is 0 Å². The number of benzene rings is 1. The lowest BCUT2D eigenvalue weighted by Gasteiger charge is -2.17. The number of carbonyl (C=O) groups excluding carboxylic acids is 1. The molecular formula is C18H21N3O. The van der Waals surface area contributed by atoms with Crippen LogP contribution < -0.4 is 10.2 Å². The van der Waals surface area contributed by atoms with Crippen LogP contribution in [0.15, 0.2) is 48.8 Å². The molecule has 1 aromatic heterocycles. The summed E-state index contributed by atoms with van der Waals surface area (Å²) in [7, 11) is 0. The molecule has 0 unspecified atom stereocenters. The van der Waals surface area contributed by atoms with E-state index in [4.69, 9.17) is 0 Å². The van der Waals surface area contributed by atoms with Crippen LogP contribution in [0.1, 0.15) is 28.8 Å². The summed E-state index contributed by atoms with van der Waals surface area (Å²) < 4.78 is 0. The summed E-state index contributed by atoms with van der Waals surface area (Å²) in [5, 5.41) is 2.93. The molecule has 1 aromatic carbocycles. The van der Waals surface area contributed by atoms with Crippen LogP contribution in [0, 0.1) is 0 Å². The fourth-order valence-electron chi connectivity index (χ4n) is 2.77. The minimum absolute atomic E-state index is 0.0678. The van der Waals surface area contributed by atoms with Crippen LogP contribution in [0.4, 0.5) is 5.69 Å². The summed E-state index contributed by atoms with van der Waals surface area (Å²) in [5.74, 6) is -0.0678. The number of nitrogens with zero attached hydrogens (tertiary/aromatic N) is 2. The second-order valence-corrected chi connectivity index (χ2v) is 5.61. The highest BCUT2D eigenvalue weighted by Gasteiger charge is 2.11. The van der Waals surface area contributed by atoms with Gasteiger partial charge in [-0.25, -0.2) is 0 Å². The monoisotopic (exact) mass is 295 g/mol. The Bertz CT molecular complexity index is 604. The normalized spacial score (nSPS) is 14.1. The molecule has 4 heteroatoms. The summed E-state index contributed by atoms with van der Waals surface area (Å²) in [4.78, 5) is 18.3. The zero-order chi connectivity index (χ0) is 15.2. The first-order valence-corrected chi connectivity index (χ1v) is 7.85. The van der Waals surface area contributed by atoms with Gasteiger partial charge in [0.2, 0.25) is 0 Å². The second kappa shape index (κ2) is 7.07. The zero-order valence-electron chi connectivity index (χ0n) is 12.7. The van der Waals surface area contributed by atoms with Crippen molar-refractivity contribution >= 4 is 11.6 Å². The average molecular weight is 295 g/mol. The lowest BCUT2D eigenvalue weighted by atomic mass is 10.1. The van der Waals surface area contributed by atoms with E-state index in [9.17, 15) is 4.79 Å². The van der Waals surface area contributed by atoms with E-state index in [1.54, 1.807) is 24.5 Å². The van der Waals surface area contributed by atoms with E-state index in [0.29, 0.717) is 12.1 Å². The van der Waals surface area contributed by atoms with Crippen molar-refractivity contribution in [3.05, 3.63) is 59.9 Å². The number of nitrogens with one attached hydrogen (secondary N) is 1. The Morgan fingerprint density at radius 3 is 2.59 bits per heavy atom. The maximum absolute atomic E-state index is 11.9. The smallest absolute Gasteiger partial charge is 0.252 e. The van der Waals surface area contributed by atoms with E-state index in [0.717, 1.165) is 6.42 Å². The number of hydrogen-bond acceptors (Lipinski definition) is 3. The maximum Gasteiger partial charge on any atom is 0.252 e. The molecule has 22 heavy (non-hydrogen) atoms. The van der Waals surface area contributed by atoms with E-state index < -0.39 is 0 Å². The highest BCUT2D eigenvalue weighted by molar-refractivity contribution is 5.93. The fraction of sp³-hybridized carbons (Fsp3) is 0.333. The Morgan fingerprint density at radius 2 is 1.91 bits per heavy atom. The van der Waals surface area contributed by atoms with Crippen LogP contribution in [-0.4, -0.2) is 30.5 Å². The van der Waals surface area contributed by atoms with Gasteiger partial charge in [0.15, 0.2) is 0 Å². The van der Waals surface area contributed by atoms with Crippen molar-refractivity contribution in [3.8, 4) is 0 Å². The lowest BCUT2D eigenvalue weighted by Crippen LogP contribution is -2.25. The first-order valence-electron chi connectivity index (χ1n) is 7.85. The highest BCUT2D eigenvalue weighted by atomic mass is 16.1. The van der Waals surface area contributed by atoms with E-state index in [-0.39, 0.29) is 5.91 Å². The Kier molecular flexibility index (Phi) is 4.68. The summed E-state index contributed by atoms with van der Waals surface area (Å²) >= 11 is 0. The van der Waals surface area contributed by atoms with Crippen LogP contribution >= 0.6 is 0 Å². The van der Waals surface area contributed by atoms with Crippen molar-refractivity contribution in [2.45, 2.75) is 19.3 Å². The van der Waals surface area contributed by atoms with Crippen LogP contribution in [0.3, 0.4) is 0 Å². The molecule has 4 nitrogen and oxygen atoms in total. The first-order chi connectivity index (χ1) is 10.8. The van der Waals surface area contributed by atoms with Gasteiger partial charge in [-0.1, -0.05) is 12.1 Å². The van der Waals surface area contributed by atoms with Gasteiger partial charge < -0.3 is 10.2 Å². The van der Waals surface area contributed by atoms with Crippen LogP contribution in [0.2, 0.25) is 0 Å². The minimum Gasteiger partial charge on any atom is -0.372 e. The van der Waals surface area contributed by atoms with Crippen molar-refractivity contribution in [1.82, 2.24) is 10.3 Å². The third-order valence-corrected chi connectivity index (χ3v) is 4.03. The molecule has 1 saturated heterocycles. The Morgan fingerprint density at radius 1 is 1.14 bits per heavy atom. The van der Waals surface area contributed by atoms with Crippen LogP contribution in [-0.2, 0) is 6.42 Å². The number of aromatic nitrogens is 1. The van der Waals surface area contributed by atoms with Gasteiger partial charge in [-0.3, -0.25) is 9.78 Å². The Balaban J connectivity index is 1.48. The molecule has 2 heterocycles. The molecule has 0 radical (unpaired) electrons.